The first-order valence-electron chi connectivity index (χ1n) is 21.6. The van der Waals surface area contributed by atoms with Gasteiger partial charge in [0.2, 0.25) is 17.7 Å². The monoisotopic (exact) mass is 819 g/mol. The highest BCUT2D eigenvalue weighted by molar-refractivity contribution is 6.05. The number of rotatable bonds is 10. The number of aromatic nitrogens is 1. The highest BCUT2D eigenvalue weighted by Crippen LogP contribution is 2.46. The van der Waals surface area contributed by atoms with Crippen LogP contribution in [0.2, 0.25) is 0 Å². The van der Waals surface area contributed by atoms with Crippen molar-refractivity contribution in [3.8, 4) is 22.6 Å². The fraction of sp³-hybridized carbons (Fsp3) is 0.543. The average Bonchev–Trinajstić information content (AvgIpc) is 3.55. The number of likely N-dealkylation sites (tertiary alicyclic amines) is 2. The summed E-state index contributed by atoms with van der Waals surface area (Å²) in [4.78, 5) is 74.2. The molecule has 14 heteroatoms. The molecule has 4 fully saturated rings. The summed E-state index contributed by atoms with van der Waals surface area (Å²) in [6, 6.07) is 9.77. The third-order valence-corrected chi connectivity index (χ3v) is 14.4. The number of carbonyl (C=O) groups excluding carboxylic acids is 4. The zero-order valence-electron chi connectivity index (χ0n) is 35.6. The molecule has 14 nitrogen and oxygen atoms in total. The molecule has 9 rings (SSSR count). The molecule has 2 unspecified atom stereocenters. The van der Waals surface area contributed by atoms with E-state index in [2.05, 4.69) is 45.1 Å². The number of methoxy groups -OCH3 is 2. The second-order valence-corrected chi connectivity index (χ2v) is 18.0. The van der Waals surface area contributed by atoms with Crippen LogP contribution in [0.15, 0.2) is 41.3 Å². The first-order chi connectivity index (χ1) is 28.9. The van der Waals surface area contributed by atoms with E-state index >= 15 is 0 Å². The van der Waals surface area contributed by atoms with E-state index in [1.807, 2.05) is 25.3 Å². The van der Waals surface area contributed by atoms with Crippen LogP contribution in [0.25, 0.3) is 11.1 Å². The molecule has 2 aromatic carbocycles. The first kappa shape index (κ1) is 40.2. The van der Waals surface area contributed by atoms with Crippen LogP contribution >= 0.6 is 0 Å². The van der Waals surface area contributed by atoms with E-state index < -0.39 is 6.04 Å². The maximum absolute atomic E-state index is 13.4. The molecule has 0 saturated carbocycles. The molecule has 0 bridgehead atoms. The minimum Gasteiger partial charge on any atom is -0.496 e. The van der Waals surface area contributed by atoms with E-state index in [1.165, 1.54) is 0 Å². The third-order valence-electron chi connectivity index (χ3n) is 14.4. The Bertz CT molecular complexity index is 2280. The van der Waals surface area contributed by atoms with Gasteiger partial charge in [-0.3, -0.25) is 34.2 Å². The summed E-state index contributed by atoms with van der Waals surface area (Å²) >= 11 is 0. The number of amides is 4. The van der Waals surface area contributed by atoms with E-state index in [9.17, 15) is 24.0 Å². The zero-order valence-corrected chi connectivity index (χ0v) is 35.6. The van der Waals surface area contributed by atoms with Crippen molar-refractivity contribution in [1.29, 1.82) is 0 Å². The first-order valence-corrected chi connectivity index (χ1v) is 21.6. The Morgan fingerprint density at radius 3 is 2.30 bits per heavy atom. The van der Waals surface area contributed by atoms with E-state index in [0.717, 1.165) is 104 Å². The van der Waals surface area contributed by atoms with Crippen LogP contribution in [-0.4, -0.2) is 120 Å². The van der Waals surface area contributed by atoms with Gasteiger partial charge in [-0.2, -0.15) is 0 Å². The largest absolute Gasteiger partial charge is 0.496 e. The Hall–Kier alpha value is -5.21. The number of ether oxygens (including phenoxy) is 2. The number of hydrogen-bond acceptors (Lipinski definition) is 10. The highest BCUT2D eigenvalue weighted by Gasteiger charge is 2.46. The molecule has 318 valence electrons. The SMILES string of the molecule is CCC(=O)N1CCc2c(-c3cc(OC)c(C(C)N4CC(CN5CCC6(CC5)CN(c5ccc7c(c5)C(=O)N(C5CCC(=O)NC5=O)C7)C6)C4)c(OC)c3)cn(C)c(=O)c2C1. The predicted molar refractivity (Wildman–Crippen MR) is 226 cm³/mol. The summed E-state index contributed by atoms with van der Waals surface area (Å²) in [7, 11) is 5.17. The fourth-order valence-electron chi connectivity index (χ4n) is 10.8. The van der Waals surface area contributed by atoms with Crippen molar-refractivity contribution >= 4 is 29.3 Å². The van der Waals surface area contributed by atoms with Gasteiger partial charge in [-0.05, 0) is 92.6 Å². The number of nitrogens with zero attached hydrogens (tertiary/aromatic N) is 6. The van der Waals surface area contributed by atoms with Crippen molar-refractivity contribution in [2.24, 2.45) is 18.4 Å². The van der Waals surface area contributed by atoms with Crippen molar-refractivity contribution in [2.75, 3.05) is 71.5 Å². The lowest BCUT2D eigenvalue weighted by molar-refractivity contribution is -0.137. The Balaban J connectivity index is 0.789. The number of carbonyl (C=O) groups is 4. The maximum atomic E-state index is 13.4. The van der Waals surface area contributed by atoms with Gasteiger partial charge in [-0.1, -0.05) is 13.0 Å². The summed E-state index contributed by atoms with van der Waals surface area (Å²) in [5.41, 5.74) is 7.51. The molecule has 1 aromatic heterocycles. The number of hydrogen-bond donors (Lipinski definition) is 1. The van der Waals surface area contributed by atoms with Gasteiger partial charge in [0.25, 0.3) is 11.5 Å². The van der Waals surface area contributed by atoms with Crippen molar-refractivity contribution in [1.82, 2.24) is 29.5 Å². The molecule has 3 aromatic rings. The molecular formula is C46H57N7O7. The van der Waals surface area contributed by atoms with E-state index in [1.54, 1.807) is 35.6 Å². The molecule has 4 amide bonds. The third kappa shape index (κ3) is 7.04. The number of aryl methyl sites for hydroxylation is 1. The summed E-state index contributed by atoms with van der Waals surface area (Å²) < 4.78 is 13.7. The van der Waals surface area contributed by atoms with Crippen LogP contribution in [0.4, 0.5) is 5.69 Å². The fourth-order valence-corrected chi connectivity index (χ4v) is 10.8. The second kappa shape index (κ2) is 15.7. The molecule has 6 aliphatic heterocycles. The van der Waals surface area contributed by atoms with Crippen molar-refractivity contribution in [2.45, 2.75) is 77.5 Å². The van der Waals surface area contributed by atoms with Crippen molar-refractivity contribution in [3.63, 3.8) is 0 Å². The van der Waals surface area contributed by atoms with Gasteiger partial charge < -0.3 is 33.6 Å². The lowest BCUT2D eigenvalue weighted by Gasteiger charge is -2.55. The molecule has 60 heavy (non-hydrogen) atoms. The summed E-state index contributed by atoms with van der Waals surface area (Å²) in [5, 5.41) is 2.39. The summed E-state index contributed by atoms with van der Waals surface area (Å²) in [6.45, 7) is 12.7. The van der Waals surface area contributed by atoms with Crippen LogP contribution < -0.4 is 25.2 Å². The molecule has 6 aliphatic rings. The molecule has 4 saturated heterocycles. The zero-order chi connectivity index (χ0) is 42.0. The summed E-state index contributed by atoms with van der Waals surface area (Å²) in [5.74, 6) is 1.40. The Labute approximate surface area is 351 Å². The van der Waals surface area contributed by atoms with E-state index in [4.69, 9.17) is 9.47 Å². The lowest BCUT2D eigenvalue weighted by atomic mass is 9.71. The minimum absolute atomic E-state index is 0.0611. The standard InChI is InChI=1S/C46H57N7O7/c1-6-41(55)50-14-11-33-35(24-48(3)44(57)36(33)25-50)31-17-38(59-4)42(39(18-31)60-5)28(2)51-21-29(22-51)20-49-15-12-46(13-16-49)26-52(27-46)32-8-7-30-23-53(45(58)34(30)19-32)37-9-10-40(54)47-43(37)56/h7-8,17-19,24,28-29,37H,6,9-16,20-23,25-27H2,1-5H3,(H,47,54,56). The van der Waals surface area contributed by atoms with Crippen LogP contribution in [0, 0.1) is 11.3 Å². The number of benzene rings is 2. The molecule has 0 radical (unpaired) electrons. The molecule has 7 heterocycles. The molecule has 1 spiro atoms. The predicted octanol–water partition coefficient (Wildman–Crippen LogP) is 3.72. The highest BCUT2D eigenvalue weighted by atomic mass is 16.5. The van der Waals surface area contributed by atoms with Crippen molar-refractivity contribution < 1.29 is 28.7 Å². The maximum Gasteiger partial charge on any atom is 0.255 e. The smallest absolute Gasteiger partial charge is 0.255 e. The molecular weight excluding hydrogens is 763 g/mol. The Kier molecular flexibility index (Phi) is 10.5. The van der Waals surface area contributed by atoms with Gasteiger partial charge in [0.15, 0.2) is 0 Å². The van der Waals surface area contributed by atoms with Crippen molar-refractivity contribution in [3.05, 3.63) is 74.7 Å². The van der Waals surface area contributed by atoms with Gasteiger partial charge in [-0.15, -0.1) is 0 Å². The van der Waals surface area contributed by atoms with Crippen LogP contribution in [0.3, 0.4) is 0 Å². The average molecular weight is 820 g/mol. The van der Waals surface area contributed by atoms with Gasteiger partial charge in [0, 0.05) is 106 Å². The number of nitrogens with one attached hydrogen (secondary N) is 1. The van der Waals surface area contributed by atoms with Gasteiger partial charge >= 0.3 is 0 Å². The summed E-state index contributed by atoms with van der Waals surface area (Å²) in [6.07, 6.45) is 5.89. The van der Waals surface area contributed by atoms with Gasteiger partial charge in [0.05, 0.1) is 26.3 Å². The minimum atomic E-state index is -0.597. The van der Waals surface area contributed by atoms with Gasteiger partial charge in [0.1, 0.15) is 17.5 Å². The normalized spacial score (nSPS) is 22.2. The number of pyridine rings is 1. The Morgan fingerprint density at radius 2 is 1.63 bits per heavy atom. The Morgan fingerprint density at radius 1 is 0.917 bits per heavy atom. The quantitative estimate of drug-likeness (QED) is 0.302. The number of fused-ring (bicyclic) bond motifs is 2. The second-order valence-electron chi connectivity index (χ2n) is 18.0. The van der Waals surface area contributed by atoms with E-state index in [-0.39, 0.29) is 41.7 Å². The van der Waals surface area contributed by atoms with Crippen LogP contribution in [0.1, 0.15) is 84.6 Å². The topological polar surface area (TPSA) is 137 Å². The van der Waals surface area contributed by atoms with E-state index in [0.29, 0.717) is 61.4 Å². The number of anilines is 1. The van der Waals surface area contributed by atoms with Crippen LogP contribution in [-0.2, 0) is 40.9 Å². The number of piperidine rings is 2. The van der Waals surface area contributed by atoms with Crippen LogP contribution in [0.5, 0.6) is 11.5 Å². The molecule has 1 N–H and O–H groups in total. The molecule has 0 aliphatic carbocycles. The molecule has 2 atom stereocenters. The van der Waals surface area contributed by atoms with Gasteiger partial charge in [-0.25, -0.2) is 0 Å². The number of imide groups is 1. The lowest BCUT2D eigenvalue weighted by Crippen LogP contribution is -2.61.